The van der Waals surface area contributed by atoms with Gasteiger partial charge >= 0.3 is 6.09 Å². The lowest BCUT2D eigenvalue weighted by atomic mass is 9.61. The number of hydrogen-bond donors (Lipinski definition) is 1. The monoisotopic (exact) mass is 580 g/mol. The Kier molecular flexibility index (Phi) is 7.92. The van der Waals surface area contributed by atoms with Gasteiger partial charge in [0.1, 0.15) is 11.6 Å². The maximum atomic E-state index is 13.9. The molecule has 0 aromatic carbocycles. The Morgan fingerprint density at radius 1 is 1.05 bits per heavy atom. The number of amides is 2. The first-order chi connectivity index (χ1) is 19.1. The van der Waals surface area contributed by atoms with Gasteiger partial charge in [-0.3, -0.25) is 9.69 Å². The Morgan fingerprint density at radius 3 is 2.22 bits per heavy atom. The number of aliphatic hydroxyl groups excluding tert-OH is 1. The topological polar surface area (TPSA) is 109 Å². The van der Waals surface area contributed by atoms with Gasteiger partial charge in [-0.05, 0) is 65.2 Å². The average molecular weight is 581 g/mol. The molecule has 2 aliphatic carbocycles. The van der Waals surface area contributed by atoms with E-state index in [4.69, 9.17) is 9.15 Å². The molecule has 11 heteroatoms. The number of halogens is 2. The molecular weight excluding hydrogens is 534 g/mol. The lowest BCUT2D eigenvalue weighted by molar-refractivity contribution is -0.153. The van der Waals surface area contributed by atoms with Crippen LogP contribution in [-0.4, -0.2) is 80.4 Å². The number of rotatable bonds is 4. The van der Waals surface area contributed by atoms with Gasteiger partial charge in [0.25, 0.3) is 0 Å². The Labute approximate surface area is 241 Å². The number of ether oxygens (including phenoxy) is 1. The Balaban J connectivity index is 1.29. The summed E-state index contributed by atoms with van der Waals surface area (Å²) < 4.78 is 39.2. The predicted molar refractivity (Wildman–Crippen MR) is 146 cm³/mol. The van der Waals surface area contributed by atoms with Crippen molar-refractivity contribution in [2.45, 2.75) is 134 Å². The van der Waals surface area contributed by atoms with Crippen molar-refractivity contribution in [3.05, 3.63) is 11.8 Å². The number of aliphatic hydroxyl groups is 1. The number of aromatic nitrogens is 2. The fourth-order valence-corrected chi connectivity index (χ4v) is 7.28. The number of carbonyl (C=O) groups excluding carboxylic acids is 2. The molecule has 2 saturated heterocycles. The number of nitrogens with zero attached hydrogens (tertiary/aromatic N) is 4. The lowest BCUT2D eigenvalue weighted by Gasteiger charge is -2.54. The van der Waals surface area contributed by atoms with Crippen LogP contribution < -0.4 is 0 Å². The van der Waals surface area contributed by atoms with E-state index in [9.17, 15) is 23.5 Å². The molecule has 4 fully saturated rings. The summed E-state index contributed by atoms with van der Waals surface area (Å²) in [4.78, 5) is 30.5. The fourth-order valence-electron chi connectivity index (χ4n) is 7.28. The fraction of sp³-hybridized carbons (Fsp3) is 0.867. The van der Waals surface area contributed by atoms with E-state index in [0.717, 1.165) is 19.3 Å². The van der Waals surface area contributed by atoms with Gasteiger partial charge in [0.15, 0.2) is 0 Å². The van der Waals surface area contributed by atoms with Crippen LogP contribution in [-0.2, 0) is 14.9 Å². The van der Waals surface area contributed by atoms with Gasteiger partial charge in [-0.2, -0.15) is 0 Å². The van der Waals surface area contributed by atoms with E-state index in [1.54, 1.807) is 9.80 Å². The molecule has 1 aromatic heterocycles. The molecule has 1 N–H and O–H groups in total. The zero-order valence-electron chi connectivity index (χ0n) is 25.1. The predicted octanol–water partition coefficient (Wildman–Crippen LogP) is 5.42. The molecule has 4 aliphatic rings. The first kappa shape index (κ1) is 30.2. The summed E-state index contributed by atoms with van der Waals surface area (Å²) in [6.07, 6.45) is 3.26. The highest BCUT2D eigenvalue weighted by atomic mass is 19.3. The van der Waals surface area contributed by atoms with E-state index < -0.39 is 35.2 Å². The van der Waals surface area contributed by atoms with Crippen molar-refractivity contribution in [2.24, 2.45) is 11.3 Å². The summed E-state index contributed by atoms with van der Waals surface area (Å²) in [5.74, 6) is -1.85. The van der Waals surface area contributed by atoms with E-state index in [1.807, 2.05) is 20.8 Å². The minimum Gasteiger partial charge on any atom is -0.444 e. The summed E-state index contributed by atoms with van der Waals surface area (Å²) in [7, 11) is 0. The van der Waals surface area contributed by atoms with Crippen LogP contribution >= 0.6 is 0 Å². The number of likely N-dealkylation sites (tertiary alicyclic amines) is 2. The SMILES string of the molecule is CC(C)C1(c2nnc(C3CCC(F)(F)CC3)o2)CCN(C(=O)[C@@H]2C[C@@H](O)C3(CCC3)CN2C(=O)OC(C)(C)C)CC1. The molecule has 41 heavy (non-hydrogen) atoms. The van der Waals surface area contributed by atoms with Gasteiger partial charge in [-0.1, -0.05) is 20.3 Å². The van der Waals surface area contributed by atoms with Gasteiger partial charge in [0.2, 0.25) is 23.6 Å². The van der Waals surface area contributed by atoms with Crippen molar-refractivity contribution in [2.75, 3.05) is 19.6 Å². The third-order valence-electron chi connectivity index (χ3n) is 10.3. The van der Waals surface area contributed by atoms with Crippen molar-refractivity contribution in [1.82, 2.24) is 20.0 Å². The second-order valence-corrected chi connectivity index (χ2v) is 14.3. The van der Waals surface area contributed by atoms with Crippen molar-refractivity contribution in [3.8, 4) is 0 Å². The molecule has 2 saturated carbocycles. The zero-order valence-corrected chi connectivity index (χ0v) is 25.1. The number of hydrogen-bond acceptors (Lipinski definition) is 7. The van der Waals surface area contributed by atoms with Crippen LogP contribution in [0.5, 0.6) is 0 Å². The smallest absolute Gasteiger partial charge is 0.410 e. The largest absolute Gasteiger partial charge is 0.444 e. The molecular formula is C30H46F2N4O5. The van der Waals surface area contributed by atoms with Crippen LogP contribution in [0.2, 0.25) is 0 Å². The molecule has 3 heterocycles. The van der Waals surface area contributed by atoms with Crippen LogP contribution in [0.25, 0.3) is 0 Å². The summed E-state index contributed by atoms with van der Waals surface area (Å²) >= 11 is 0. The molecule has 0 radical (unpaired) electrons. The Morgan fingerprint density at radius 2 is 1.68 bits per heavy atom. The van der Waals surface area contributed by atoms with Crippen LogP contribution in [0.4, 0.5) is 13.6 Å². The maximum absolute atomic E-state index is 13.9. The summed E-state index contributed by atoms with van der Waals surface area (Å²) in [5.41, 5.74) is -1.49. The van der Waals surface area contributed by atoms with Crippen LogP contribution in [0, 0.1) is 11.3 Å². The molecule has 1 aromatic rings. The lowest BCUT2D eigenvalue weighted by Crippen LogP contribution is -2.65. The van der Waals surface area contributed by atoms with Crippen molar-refractivity contribution >= 4 is 12.0 Å². The van der Waals surface area contributed by atoms with Gasteiger partial charge in [-0.15, -0.1) is 10.2 Å². The molecule has 9 nitrogen and oxygen atoms in total. The minimum absolute atomic E-state index is 0.150. The number of alkyl halides is 2. The summed E-state index contributed by atoms with van der Waals surface area (Å²) in [6, 6.07) is -0.780. The van der Waals surface area contributed by atoms with Crippen LogP contribution in [0.1, 0.15) is 117 Å². The van der Waals surface area contributed by atoms with Gasteiger partial charge < -0.3 is 19.2 Å². The van der Waals surface area contributed by atoms with E-state index >= 15 is 0 Å². The standard InChI is InChI=1S/C30H46F2N4O5/c1-19(2)29(25-34-33-23(40-25)20-7-11-30(31,32)12-8-20)13-15-35(16-14-29)24(38)21-17-22(37)28(9-6-10-28)18-36(21)26(39)41-27(3,4)5/h19-22,37H,6-18H2,1-5H3/t21-,22+/m0/s1. The minimum atomic E-state index is -2.62. The van der Waals surface area contributed by atoms with Gasteiger partial charge in [-0.25, -0.2) is 13.6 Å². The van der Waals surface area contributed by atoms with E-state index in [-0.39, 0.29) is 42.4 Å². The van der Waals surface area contributed by atoms with E-state index in [1.165, 1.54) is 0 Å². The van der Waals surface area contributed by atoms with E-state index in [2.05, 4.69) is 24.0 Å². The quantitative estimate of drug-likeness (QED) is 0.507. The highest BCUT2D eigenvalue weighted by Crippen LogP contribution is 2.50. The molecule has 2 atom stereocenters. The summed E-state index contributed by atoms with van der Waals surface area (Å²) in [6.45, 7) is 10.8. The highest BCUT2D eigenvalue weighted by Gasteiger charge is 2.54. The summed E-state index contributed by atoms with van der Waals surface area (Å²) in [5, 5.41) is 19.7. The highest BCUT2D eigenvalue weighted by molar-refractivity contribution is 5.86. The molecule has 5 rings (SSSR count). The normalized spacial score (nSPS) is 28.0. The van der Waals surface area contributed by atoms with Crippen molar-refractivity contribution in [1.29, 1.82) is 0 Å². The third-order valence-corrected chi connectivity index (χ3v) is 10.3. The molecule has 0 bridgehead atoms. The van der Waals surface area contributed by atoms with Crippen molar-refractivity contribution < 1.29 is 32.6 Å². The second kappa shape index (κ2) is 10.8. The molecule has 0 unspecified atom stereocenters. The van der Waals surface area contributed by atoms with Crippen molar-refractivity contribution in [3.63, 3.8) is 0 Å². The first-order valence-corrected chi connectivity index (χ1v) is 15.3. The maximum Gasteiger partial charge on any atom is 0.410 e. The van der Waals surface area contributed by atoms with Crippen LogP contribution in [0.15, 0.2) is 4.42 Å². The average Bonchev–Trinajstić information content (AvgIpc) is 3.36. The Bertz CT molecular complexity index is 1110. The van der Waals surface area contributed by atoms with Gasteiger partial charge in [0, 0.05) is 50.2 Å². The van der Waals surface area contributed by atoms with Crippen LogP contribution in [0.3, 0.4) is 0 Å². The molecule has 230 valence electrons. The molecule has 2 amide bonds. The molecule has 1 spiro atoms. The Hall–Kier alpha value is -2.30. The number of carbonyl (C=O) groups is 2. The van der Waals surface area contributed by atoms with E-state index in [0.29, 0.717) is 57.1 Å². The zero-order chi connectivity index (χ0) is 29.8. The number of piperidine rings is 2. The molecule has 2 aliphatic heterocycles. The third kappa shape index (κ3) is 5.84. The van der Waals surface area contributed by atoms with Gasteiger partial charge in [0.05, 0.1) is 11.5 Å². The first-order valence-electron chi connectivity index (χ1n) is 15.3. The second-order valence-electron chi connectivity index (χ2n) is 14.3.